The zero-order valence-corrected chi connectivity index (χ0v) is 16.9. The third-order valence-electron chi connectivity index (χ3n) is 4.20. The van der Waals surface area contributed by atoms with E-state index in [0.717, 1.165) is 6.07 Å². The Bertz CT molecular complexity index is 1140. The van der Waals surface area contributed by atoms with Gasteiger partial charge in [-0.1, -0.05) is 0 Å². The van der Waals surface area contributed by atoms with Gasteiger partial charge in [0.25, 0.3) is 5.91 Å². The minimum Gasteiger partial charge on any atom is -0.465 e. The molecule has 0 aliphatic carbocycles. The number of rotatable bonds is 8. The molecule has 0 aliphatic rings. The number of carbonyl (C=O) groups excluding carboxylic acids is 3. The molecule has 0 spiro atoms. The Balaban J connectivity index is 1.57. The molecule has 2 aromatic heterocycles. The van der Waals surface area contributed by atoms with Gasteiger partial charge in [-0.05, 0) is 48.5 Å². The normalized spacial score (nSPS) is 11.4. The number of hydrogen-bond acceptors (Lipinski definition) is 5. The van der Waals surface area contributed by atoms with Gasteiger partial charge in [0, 0.05) is 24.7 Å². The van der Waals surface area contributed by atoms with E-state index in [1.54, 1.807) is 12.1 Å². The molecule has 172 valence electrons. The van der Waals surface area contributed by atoms with Crippen molar-refractivity contribution in [2.45, 2.75) is 12.6 Å². The van der Waals surface area contributed by atoms with Crippen LogP contribution in [0.2, 0.25) is 0 Å². The SMILES string of the molecule is O=C(/C=C/c1ccco1)NCCC(=O)Nc1ccc(NC(=O)c2ccco2)cc1C(F)(F)F. The number of benzene rings is 1. The highest BCUT2D eigenvalue weighted by Crippen LogP contribution is 2.36. The number of halogens is 3. The number of hydrogen-bond donors (Lipinski definition) is 3. The lowest BCUT2D eigenvalue weighted by molar-refractivity contribution is -0.137. The standard InChI is InChI=1S/C22H18F3N3O5/c23-22(24,25)16-13-14(27-21(31)18-4-2-12-33-18)5-7-17(16)28-20(30)9-10-26-19(29)8-6-15-3-1-11-32-15/h1-8,11-13H,9-10H2,(H,26,29)(H,27,31)(H,28,30)/b8-6+. The smallest absolute Gasteiger partial charge is 0.418 e. The zero-order chi connectivity index (χ0) is 23.8. The van der Waals surface area contributed by atoms with Gasteiger partial charge in [0.15, 0.2) is 5.76 Å². The Labute approximate surface area is 185 Å². The second kappa shape index (κ2) is 10.4. The summed E-state index contributed by atoms with van der Waals surface area (Å²) in [6.07, 6.45) is 0.280. The van der Waals surface area contributed by atoms with Crippen molar-refractivity contribution in [2.75, 3.05) is 17.2 Å². The molecule has 33 heavy (non-hydrogen) atoms. The molecule has 0 bridgehead atoms. The molecule has 0 saturated heterocycles. The molecular weight excluding hydrogens is 443 g/mol. The van der Waals surface area contributed by atoms with Crippen LogP contribution in [-0.2, 0) is 15.8 Å². The van der Waals surface area contributed by atoms with E-state index >= 15 is 0 Å². The molecule has 3 rings (SSSR count). The Morgan fingerprint density at radius 3 is 2.39 bits per heavy atom. The van der Waals surface area contributed by atoms with Crippen LogP contribution in [0.4, 0.5) is 24.5 Å². The largest absolute Gasteiger partial charge is 0.465 e. The first-order valence-corrected chi connectivity index (χ1v) is 9.58. The van der Waals surface area contributed by atoms with Gasteiger partial charge in [0.05, 0.1) is 23.8 Å². The third kappa shape index (κ3) is 6.86. The molecule has 11 heteroatoms. The summed E-state index contributed by atoms with van der Waals surface area (Å²) in [7, 11) is 0. The minimum atomic E-state index is -4.79. The van der Waals surface area contributed by atoms with E-state index in [1.165, 1.54) is 42.9 Å². The highest BCUT2D eigenvalue weighted by Gasteiger charge is 2.34. The van der Waals surface area contributed by atoms with Crippen LogP contribution in [0.5, 0.6) is 0 Å². The maximum Gasteiger partial charge on any atom is 0.418 e. The molecule has 3 N–H and O–H groups in total. The van der Waals surface area contributed by atoms with E-state index < -0.39 is 35.1 Å². The van der Waals surface area contributed by atoms with Gasteiger partial charge in [-0.25, -0.2) is 0 Å². The Kier molecular flexibility index (Phi) is 7.34. The highest BCUT2D eigenvalue weighted by atomic mass is 19.4. The molecule has 0 unspecified atom stereocenters. The van der Waals surface area contributed by atoms with Crippen molar-refractivity contribution in [1.29, 1.82) is 0 Å². The Morgan fingerprint density at radius 1 is 0.970 bits per heavy atom. The van der Waals surface area contributed by atoms with E-state index in [2.05, 4.69) is 16.0 Å². The number of carbonyl (C=O) groups is 3. The summed E-state index contributed by atoms with van der Waals surface area (Å²) in [5.41, 5.74) is -1.75. The van der Waals surface area contributed by atoms with Crippen LogP contribution in [0.3, 0.4) is 0 Å². The fourth-order valence-electron chi connectivity index (χ4n) is 2.68. The zero-order valence-electron chi connectivity index (χ0n) is 16.9. The first kappa shape index (κ1) is 23.4. The lowest BCUT2D eigenvalue weighted by atomic mass is 10.1. The monoisotopic (exact) mass is 461 g/mol. The van der Waals surface area contributed by atoms with Crippen LogP contribution >= 0.6 is 0 Å². The fourth-order valence-corrected chi connectivity index (χ4v) is 2.68. The molecule has 0 atom stereocenters. The second-order valence-electron chi connectivity index (χ2n) is 6.63. The summed E-state index contributed by atoms with van der Waals surface area (Å²) in [5, 5.41) is 6.92. The number of nitrogens with one attached hydrogen (secondary N) is 3. The van der Waals surface area contributed by atoms with E-state index in [0.29, 0.717) is 11.8 Å². The maximum absolute atomic E-state index is 13.5. The molecule has 3 amide bonds. The average molecular weight is 461 g/mol. The maximum atomic E-state index is 13.5. The van der Waals surface area contributed by atoms with E-state index in [1.807, 2.05) is 0 Å². The summed E-state index contributed by atoms with van der Waals surface area (Å²) in [5.74, 6) is -1.55. The molecule has 1 aromatic carbocycles. The van der Waals surface area contributed by atoms with Crippen molar-refractivity contribution in [2.24, 2.45) is 0 Å². The Hall–Kier alpha value is -4.28. The first-order valence-electron chi connectivity index (χ1n) is 9.58. The third-order valence-corrected chi connectivity index (χ3v) is 4.20. The molecule has 8 nitrogen and oxygen atoms in total. The summed E-state index contributed by atoms with van der Waals surface area (Å²) in [6.45, 7) is -0.0915. The number of furan rings is 2. The van der Waals surface area contributed by atoms with E-state index in [9.17, 15) is 27.6 Å². The van der Waals surface area contributed by atoms with Gasteiger partial charge in [-0.2, -0.15) is 13.2 Å². The van der Waals surface area contributed by atoms with Crippen LogP contribution < -0.4 is 16.0 Å². The minimum absolute atomic E-state index is 0.0676. The van der Waals surface area contributed by atoms with Gasteiger partial charge in [0.2, 0.25) is 11.8 Å². The van der Waals surface area contributed by atoms with Gasteiger partial charge in [-0.15, -0.1) is 0 Å². The lowest BCUT2D eigenvalue weighted by Crippen LogP contribution is -2.26. The van der Waals surface area contributed by atoms with Crippen LogP contribution in [0.1, 0.15) is 28.3 Å². The topological polar surface area (TPSA) is 114 Å². The van der Waals surface area contributed by atoms with Crippen LogP contribution in [-0.4, -0.2) is 24.3 Å². The molecule has 0 fully saturated rings. The van der Waals surface area contributed by atoms with E-state index in [-0.39, 0.29) is 24.4 Å². The van der Waals surface area contributed by atoms with Crippen molar-refractivity contribution >= 4 is 35.2 Å². The van der Waals surface area contributed by atoms with Crippen LogP contribution in [0.25, 0.3) is 6.08 Å². The van der Waals surface area contributed by atoms with Gasteiger partial charge in [-0.3, -0.25) is 14.4 Å². The summed E-state index contributed by atoms with van der Waals surface area (Å²) in [4.78, 5) is 35.8. The summed E-state index contributed by atoms with van der Waals surface area (Å²) >= 11 is 0. The predicted molar refractivity (Wildman–Crippen MR) is 112 cm³/mol. The van der Waals surface area contributed by atoms with Gasteiger partial charge >= 0.3 is 6.18 Å². The molecule has 3 aromatic rings. The van der Waals surface area contributed by atoms with Crippen molar-refractivity contribution in [3.63, 3.8) is 0 Å². The molecule has 2 heterocycles. The number of anilines is 2. The lowest BCUT2D eigenvalue weighted by Gasteiger charge is -2.15. The Morgan fingerprint density at radius 2 is 1.73 bits per heavy atom. The summed E-state index contributed by atoms with van der Waals surface area (Å²) < 4.78 is 50.4. The molecule has 0 aliphatic heterocycles. The first-order chi connectivity index (χ1) is 15.7. The van der Waals surface area contributed by atoms with Gasteiger partial charge in [0.1, 0.15) is 5.76 Å². The van der Waals surface area contributed by atoms with Gasteiger partial charge < -0.3 is 24.8 Å². The fraction of sp³-hybridized carbons (Fsp3) is 0.136. The van der Waals surface area contributed by atoms with Crippen molar-refractivity contribution in [1.82, 2.24) is 5.32 Å². The predicted octanol–water partition coefficient (Wildman–Crippen LogP) is 4.30. The highest BCUT2D eigenvalue weighted by molar-refractivity contribution is 6.02. The van der Waals surface area contributed by atoms with Crippen molar-refractivity contribution in [3.8, 4) is 0 Å². The number of amides is 3. The van der Waals surface area contributed by atoms with Crippen LogP contribution in [0, 0.1) is 0 Å². The van der Waals surface area contributed by atoms with Crippen molar-refractivity contribution in [3.05, 3.63) is 78.2 Å². The second-order valence-corrected chi connectivity index (χ2v) is 6.63. The molecular formula is C22H18F3N3O5. The van der Waals surface area contributed by atoms with Crippen molar-refractivity contribution < 1.29 is 36.4 Å². The molecule has 0 radical (unpaired) electrons. The van der Waals surface area contributed by atoms with Crippen LogP contribution in [0.15, 0.2) is 69.9 Å². The number of alkyl halides is 3. The summed E-state index contributed by atoms with van der Waals surface area (Å²) in [6, 6.07) is 9.07. The quantitative estimate of drug-likeness (QED) is 0.433. The van der Waals surface area contributed by atoms with E-state index in [4.69, 9.17) is 8.83 Å². The molecule has 0 saturated carbocycles. The average Bonchev–Trinajstić information content (AvgIpc) is 3.47.